The number of hydrogen-bond donors (Lipinski definition) is 1. The number of benzene rings is 1. The van der Waals surface area contributed by atoms with Gasteiger partial charge in [-0.1, -0.05) is 25.5 Å². The first-order valence-corrected chi connectivity index (χ1v) is 9.20. The summed E-state index contributed by atoms with van der Waals surface area (Å²) in [5.41, 5.74) is 1.10. The molecule has 1 aliphatic rings. The van der Waals surface area contributed by atoms with Crippen LogP contribution >= 0.6 is 0 Å². The third kappa shape index (κ3) is 3.65. The molecule has 1 aromatic rings. The highest BCUT2D eigenvalue weighted by Gasteiger charge is 2.28. The standard InChI is InChI=1S/C16H26N2O2S/c1-4-14-9-11-18(12-10-14)21(19,20)16-7-5-15(6-8-16)13(2)17-3/h5-8,13-14,17H,4,9-12H2,1-3H3. The minimum atomic E-state index is -3.33. The van der Waals surface area contributed by atoms with E-state index in [1.165, 1.54) is 0 Å². The van der Waals surface area contributed by atoms with E-state index in [4.69, 9.17) is 0 Å². The summed E-state index contributed by atoms with van der Waals surface area (Å²) < 4.78 is 26.9. The molecule has 1 N–H and O–H groups in total. The monoisotopic (exact) mass is 310 g/mol. The largest absolute Gasteiger partial charge is 0.313 e. The van der Waals surface area contributed by atoms with Gasteiger partial charge in [-0.3, -0.25) is 0 Å². The third-order valence-corrected chi connectivity index (χ3v) is 6.51. The molecule has 1 heterocycles. The lowest BCUT2D eigenvalue weighted by Gasteiger charge is -2.30. The smallest absolute Gasteiger partial charge is 0.243 e. The second kappa shape index (κ2) is 6.90. The molecule has 1 unspecified atom stereocenters. The molecule has 2 rings (SSSR count). The van der Waals surface area contributed by atoms with Gasteiger partial charge in [0, 0.05) is 19.1 Å². The molecule has 1 atom stereocenters. The van der Waals surface area contributed by atoms with Gasteiger partial charge in [0.15, 0.2) is 0 Å². The molecule has 1 aliphatic heterocycles. The van der Waals surface area contributed by atoms with Crippen molar-refractivity contribution < 1.29 is 8.42 Å². The number of piperidine rings is 1. The van der Waals surface area contributed by atoms with Crippen molar-refractivity contribution in [2.24, 2.45) is 5.92 Å². The summed E-state index contributed by atoms with van der Waals surface area (Å²) in [6.45, 7) is 5.53. The lowest BCUT2D eigenvalue weighted by Crippen LogP contribution is -2.38. The Morgan fingerprint density at radius 3 is 2.29 bits per heavy atom. The molecule has 0 spiro atoms. The first-order valence-electron chi connectivity index (χ1n) is 7.76. The van der Waals surface area contributed by atoms with Gasteiger partial charge in [-0.2, -0.15) is 4.31 Å². The van der Waals surface area contributed by atoms with Gasteiger partial charge in [-0.05, 0) is 50.4 Å². The Balaban J connectivity index is 2.13. The fourth-order valence-corrected chi connectivity index (χ4v) is 4.27. The summed E-state index contributed by atoms with van der Waals surface area (Å²) in [6, 6.07) is 7.47. The second-order valence-corrected chi connectivity index (χ2v) is 7.77. The quantitative estimate of drug-likeness (QED) is 0.910. The van der Waals surface area contributed by atoms with Crippen molar-refractivity contribution in [2.75, 3.05) is 20.1 Å². The Kier molecular flexibility index (Phi) is 5.41. The summed E-state index contributed by atoms with van der Waals surface area (Å²) >= 11 is 0. The van der Waals surface area contributed by atoms with E-state index in [0.29, 0.717) is 23.9 Å². The highest BCUT2D eigenvalue weighted by Crippen LogP contribution is 2.26. The molecule has 0 aromatic heterocycles. The fourth-order valence-electron chi connectivity index (χ4n) is 2.80. The van der Waals surface area contributed by atoms with Gasteiger partial charge in [0.25, 0.3) is 0 Å². The third-order valence-electron chi connectivity index (χ3n) is 4.60. The molecular weight excluding hydrogens is 284 g/mol. The van der Waals surface area contributed by atoms with Crippen molar-refractivity contribution >= 4 is 10.0 Å². The van der Waals surface area contributed by atoms with E-state index in [1.807, 2.05) is 19.2 Å². The fraction of sp³-hybridized carbons (Fsp3) is 0.625. The first-order chi connectivity index (χ1) is 9.98. The van der Waals surface area contributed by atoms with Crippen LogP contribution in [0.15, 0.2) is 29.2 Å². The Labute approximate surface area is 128 Å². The average molecular weight is 310 g/mol. The molecule has 5 heteroatoms. The van der Waals surface area contributed by atoms with Crippen LogP contribution in [0.25, 0.3) is 0 Å². The summed E-state index contributed by atoms with van der Waals surface area (Å²) in [7, 11) is -1.43. The van der Waals surface area contributed by atoms with Gasteiger partial charge in [0.1, 0.15) is 0 Å². The Bertz CT molecular complexity index is 546. The predicted molar refractivity (Wildman–Crippen MR) is 85.7 cm³/mol. The van der Waals surface area contributed by atoms with Gasteiger partial charge in [0.05, 0.1) is 4.90 Å². The summed E-state index contributed by atoms with van der Waals surface area (Å²) in [5.74, 6) is 0.676. The average Bonchev–Trinajstić information content (AvgIpc) is 2.54. The van der Waals surface area contributed by atoms with Crippen LogP contribution in [0.2, 0.25) is 0 Å². The van der Waals surface area contributed by atoms with E-state index in [1.54, 1.807) is 16.4 Å². The van der Waals surface area contributed by atoms with Crippen molar-refractivity contribution in [1.82, 2.24) is 9.62 Å². The summed E-state index contributed by atoms with van der Waals surface area (Å²) in [4.78, 5) is 0.407. The minimum Gasteiger partial charge on any atom is -0.313 e. The van der Waals surface area contributed by atoms with Crippen LogP contribution < -0.4 is 5.32 Å². The first kappa shape index (κ1) is 16.5. The predicted octanol–water partition coefficient (Wildman–Crippen LogP) is 2.78. The molecule has 0 aliphatic carbocycles. The van der Waals surface area contributed by atoms with Crippen LogP contribution in [0.1, 0.15) is 44.7 Å². The van der Waals surface area contributed by atoms with E-state index >= 15 is 0 Å². The molecule has 4 nitrogen and oxygen atoms in total. The zero-order chi connectivity index (χ0) is 15.5. The van der Waals surface area contributed by atoms with Gasteiger partial charge in [-0.15, -0.1) is 0 Å². The Morgan fingerprint density at radius 1 is 1.24 bits per heavy atom. The minimum absolute atomic E-state index is 0.224. The zero-order valence-electron chi connectivity index (χ0n) is 13.2. The normalized spacial score (nSPS) is 19.6. The number of nitrogens with zero attached hydrogens (tertiary/aromatic N) is 1. The number of hydrogen-bond acceptors (Lipinski definition) is 3. The number of rotatable bonds is 5. The van der Waals surface area contributed by atoms with Crippen LogP contribution in [0.5, 0.6) is 0 Å². The van der Waals surface area contributed by atoms with E-state index in [9.17, 15) is 8.42 Å². The summed E-state index contributed by atoms with van der Waals surface area (Å²) in [5, 5.41) is 3.15. The molecule has 118 valence electrons. The molecule has 0 saturated carbocycles. The van der Waals surface area contributed by atoms with Crippen LogP contribution in [0.3, 0.4) is 0 Å². The van der Waals surface area contributed by atoms with Crippen molar-refractivity contribution in [2.45, 2.75) is 44.0 Å². The van der Waals surface area contributed by atoms with Crippen molar-refractivity contribution in [1.29, 1.82) is 0 Å². The highest BCUT2D eigenvalue weighted by molar-refractivity contribution is 7.89. The Morgan fingerprint density at radius 2 is 1.81 bits per heavy atom. The maximum absolute atomic E-state index is 12.6. The van der Waals surface area contributed by atoms with E-state index in [-0.39, 0.29) is 6.04 Å². The van der Waals surface area contributed by atoms with Gasteiger partial charge < -0.3 is 5.32 Å². The van der Waals surface area contributed by atoms with Gasteiger partial charge >= 0.3 is 0 Å². The lowest BCUT2D eigenvalue weighted by atomic mass is 9.96. The number of sulfonamides is 1. The Hall–Kier alpha value is -0.910. The number of nitrogens with one attached hydrogen (secondary N) is 1. The van der Waals surface area contributed by atoms with E-state index < -0.39 is 10.0 Å². The molecular formula is C16H26N2O2S. The molecule has 1 saturated heterocycles. The van der Waals surface area contributed by atoms with Crippen LogP contribution in [0, 0.1) is 5.92 Å². The molecule has 1 aromatic carbocycles. The molecule has 0 amide bonds. The van der Waals surface area contributed by atoms with Crippen molar-refractivity contribution in [3.8, 4) is 0 Å². The van der Waals surface area contributed by atoms with Crippen LogP contribution in [-0.2, 0) is 10.0 Å². The van der Waals surface area contributed by atoms with Crippen molar-refractivity contribution in [3.63, 3.8) is 0 Å². The molecule has 0 radical (unpaired) electrons. The second-order valence-electron chi connectivity index (χ2n) is 5.84. The summed E-state index contributed by atoms with van der Waals surface area (Å²) in [6.07, 6.45) is 3.10. The maximum Gasteiger partial charge on any atom is 0.243 e. The van der Waals surface area contributed by atoms with Crippen LogP contribution in [0.4, 0.5) is 0 Å². The lowest BCUT2D eigenvalue weighted by molar-refractivity contribution is 0.269. The SMILES string of the molecule is CCC1CCN(S(=O)(=O)c2ccc(C(C)NC)cc2)CC1. The highest BCUT2D eigenvalue weighted by atomic mass is 32.2. The molecule has 21 heavy (non-hydrogen) atoms. The maximum atomic E-state index is 12.6. The van der Waals surface area contributed by atoms with E-state index in [2.05, 4.69) is 19.2 Å². The van der Waals surface area contributed by atoms with Gasteiger partial charge in [0.2, 0.25) is 10.0 Å². The topological polar surface area (TPSA) is 49.4 Å². The van der Waals surface area contributed by atoms with Crippen molar-refractivity contribution in [3.05, 3.63) is 29.8 Å². The van der Waals surface area contributed by atoms with Gasteiger partial charge in [-0.25, -0.2) is 8.42 Å². The van der Waals surface area contributed by atoms with E-state index in [0.717, 1.165) is 24.8 Å². The van der Waals surface area contributed by atoms with Crippen LogP contribution in [-0.4, -0.2) is 32.9 Å². The zero-order valence-corrected chi connectivity index (χ0v) is 14.0. The molecule has 1 fully saturated rings. The molecule has 0 bridgehead atoms.